The van der Waals surface area contributed by atoms with Crippen molar-refractivity contribution in [3.63, 3.8) is 0 Å². The summed E-state index contributed by atoms with van der Waals surface area (Å²) in [7, 11) is 0. The van der Waals surface area contributed by atoms with Crippen molar-refractivity contribution < 1.29 is 18.7 Å². The Kier molecular flexibility index (Phi) is 5.48. The van der Waals surface area contributed by atoms with E-state index in [4.69, 9.17) is 4.74 Å². The number of carbonyl (C=O) groups excluding carboxylic acids is 2. The molecule has 0 aliphatic heterocycles. The predicted molar refractivity (Wildman–Crippen MR) is 81.6 cm³/mol. The van der Waals surface area contributed by atoms with E-state index in [9.17, 15) is 14.0 Å². The SMILES string of the molecule is O=C(COc1ccc(F)cc1)NNC(=O)c1cccc(Br)c1. The lowest BCUT2D eigenvalue weighted by Gasteiger charge is -2.09. The van der Waals surface area contributed by atoms with Gasteiger partial charge in [0.2, 0.25) is 0 Å². The number of hydrazine groups is 1. The molecule has 0 heterocycles. The Morgan fingerprint density at radius 3 is 2.50 bits per heavy atom. The quantitative estimate of drug-likeness (QED) is 0.816. The number of halogens is 2. The van der Waals surface area contributed by atoms with Crippen LogP contribution in [0.3, 0.4) is 0 Å². The summed E-state index contributed by atoms with van der Waals surface area (Å²) >= 11 is 3.25. The van der Waals surface area contributed by atoms with E-state index < -0.39 is 17.6 Å². The van der Waals surface area contributed by atoms with Gasteiger partial charge in [-0.25, -0.2) is 4.39 Å². The average Bonchev–Trinajstić information content (AvgIpc) is 2.52. The van der Waals surface area contributed by atoms with Crippen LogP contribution in [-0.2, 0) is 4.79 Å². The molecule has 2 amide bonds. The van der Waals surface area contributed by atoms with E-state index in [1.165, 1.54) is 24.3 Å². The van der Waals surface area contributed by atoms with Crippen molar-refractivity contribution in [1.29, 1.82) is 0 Å². The second kappa shape index (κ2) is 7.56. The Labute approximate surface area is 134 Å². The maximum atomic E-state index is 12.7. The normalized spacial score (nSPS) is 9.91. The Bertz CT molecular complexity index is 677. The van der Waals surface area contributed by atoms with E-state index in [1.54, 1.807) is 24.3 Å². The van der Waals surface area contributed by atoms with Crippen LogP contribution in [0.15, 0.2) is 53.0 Å². The molecule has 0 unspecified atom stereocenters. The number of rotatable bonds is 4. The van der Waals surface area contributed by atoms with Crippen LogP contribution >= 0.6 is 15.9 Å². The van der Waals surface area contributed by atoms with Crippen molar-refractivity contribution in [2.45, 2.75) is 0 Å². The lowest BCUT2D eigenvalue weighted by molar-refractivity contribution is -0.123. The number of amides is 2. The molecule has 0 saturated carbocycles. The molecule has 0 radical (unpaired) electrons. The summed E-state index contributed by atoms with van der Waals surface area (Å²) in [6.07, 6.45) is 0. The Balaban J connectivity index is 1.78. The van der Waals surface area contributed by atoms with Crippen molar-refractivity contribution in [1.82, 2.24) is 10.9 Å². The van der Waals surface area contributed by atoms with Gasteiger partial charge in [-0.15, -0.1) is 0 Å². The highest BCUT2D eigenvalue weighted by Gasteiger charge is 2.08. The van der Waals surface area contributed by atoms with Crippen LogP contribution in [0.1, 0.15) is 10.4 Å². The third-order valence-corrected chi connectivity index (χ3v) is 3.08. The molecule has 0 spiro atoms. The van der Waals surface area contributed by atoms with Crippen molar-refractivity contribution >= 4 is 27.7 Å². The molecule has 7 heteroatoms. The minimum absolute atomic E-state index is 0.301. The van der Waals surface area contributed by atoms with Crippen molar-refractivity contribution in [3.05, 3.63) is 64.4 Å². The highest BCUT2D eigenvalue weighted by Crippen LogP contribution is 2.11. The molecule has 2 rings (SSSR count). The number of hydrogen-bond acceptors (Lipinski definition) is 3. The Morgan fingerprint density at radius 1 is 1.09 bits per heavy atom. The maximum absolute atomic E-state index is 12.7. The first-order valence-electron chi connectivity index (χ1n) is 6.28. The van der Waals surface area contributed by atoms with Crippen LogP contribution in [0.4, 0.5) is 4.39 Å². The first-order chi connectivity index (χ1) is 10.5. The standard InChI is InChI=1S/C15H12BrFN2O3/c16-11-3-1-2-10(8-11)15(21)19-18-14(20)9-22-13-6-4-12(17)5-7-13/h1-8H,9H2,(H,18,20)(H,19,21). The summed E-state index contributed by atoms with van der Waals surface area (Å²) in [6, 6.07) is 12.0. The molecular formula is C15H12BrFN2O3. The van der Waals surface area contributed by atoms with Crippen LogP contribution < -0.4 is 15.6 Å². The Morgan fingerprint density at radius 2 is 1.82 bits per heavy atom. The van der Waals surface area contributed by atoms with E-state index in [1.807, 2.05) is 0 Å². The molecule has 0 aliphatic carbocycles. The molecule has 114 valence electrons. The highest BCUT2D eigenvalue weighted by atomic mass is 79.9. The number of nitrogens with one attached hydrogen (secondary N) is 2. The molecular weight excluding hydrogens is 355 g/mol. The zero-order valence-electron chi connectivity index (χ0n) is 11.3. The highest BCUT2D eigenvalue weighted by molar-refractivity contribution is 9.10. The van der Waals surface area contributed by atoms with Gasteiger partial charge in [0.25, 0.3) is 11.8 Å². The van der Waals surface area contributed by atoms with E-state index in [-0.39, 0.29) is 6.61 Å². The van der Waals surface area contributed by atoms with Crippen molar-refractivity contribution in [3.8, 4) is 5.75 Å². The minimum Gasteiger partial charge on any atom is -0.484 e. The summed E-state index contributed by atoms with van der Waals surface area (Å²) in [5, 5.41) is 0. The topological polar surface area (TPSA) is 67.4 Å². The van der Waals surface area contributed by atoms with E-state index >= 15 is 0 Å². The molecule has 2 aromatic carbocycles. The fraction of sp³-hybridized carbons (Fsp3) is 0.0667. The van der Waals surface area contributed by atoms with Gasteiger partial charge in [0.1, 0.15) is 11.6 Å². The number of hydrogen-bond donors (Lipinski definition) is 2. The number of benzene rings is 2. The monoisotopic (exact) mass is 366 g/mol. The molecule has 2 N–H and O–H groups in total. The third-order valence-electron chi connectivity index (χ3n) is 2.59. The van der Waals surface area contributed by atoms with Crippen molar-refractivity contribution in [2.24, 2.45) is 0 Å². The lowest BCUT2D eigenvalue weighted by atomic mass is 10.2. The molecule has 2 aromatic rings. The molecule has 0 saturated heterocycles. The van der Waals surface area contributed by atoms with Crippen molar-refractivity contribution in [2.75, 3.05) is 6.61 Å². The summed E-state index contributed by atoms with van der Waals surface area (Å²) < 4.78 is 18.6. The second-order valence-electron chi connectivity index (χ2n) is 4.26. The second-order valence-corrected chi connectivity index (χ2v) is 5.17. The van der Waals surface area contributed by atoms with Gasteiger partial charge in [-0.3, -0.25) is 20.4 Å². The van der Waals surface area contributed by atoms with Gasteiger partial charge >= 0.3 is 0 Å². The van der Waals surface area contributed by atoms with Gasteiger partial charge < -0.3 is 4.74 Å². The van der Waals surface area contributed by atoms with Gasteiger partial charge in [0.05, 0.1) is 0 Å². The molecule has 5 nitrogen and oxygen atoms in total. The predicted octanol–water partition coefficient (Wildman–Crippen LogP) is 2.43. The zero-order valence-corrected chi connectivity index (χ0v) is 12.9. The van der Waals surface area contributed by atoms with E-state index in [0.29, 0.717) is 11.3 Å². The average molecular weight is 367 g/mol. The van der Waals surface area contributed by atoms with Crippen LogP contribution in [0.5, 0.6) is 5.75 Å². The van der Waals surface area contributed by atoms with Crippen LogP contribution in [0.25, 0.3) is 0 Å². The van der Waals surface area contributed by atoms with E-state index in [2.05, 4.69) is 26.8 Å². The minimum atomic E-state index is -0.535. The Hall–Kier alpha value is -2.41. The lowest BCUT2D eigenvalue weighted by Crippen LogP contribution is -2.43. The van der Waals surface area contributed by atoms with Crippen LogP contribution in [0.2, 0.25) is 0 Å². The maximum Gasteiger partial charge on any atom is 0.276 e. The molecule has 0 aromatic heterocycles. The fourth-order valence-corrected chi connectivity index (χ4v) is 1.94. The van der Waals surface area contributed by atoms with Gasteiger partial charge in [-0.05, 0) is 42.5 Å². The number of ether oxygens (including phenoxy) is 1. The number of carbonyl (C=O) groups is 2. The molecule has 0 atom stereocenters. The van der Waals surface area contributed by atoms with Gasteiger partial charge in [-0.1, -0.05) is 22.0 Å². The van der Waals surface area contributed by atoms with Crippen LogP contribution in [0, 0.1) is 5.82 Å². The summed E-state index contributed by atoms with van der Waals surface area (Å²) in [6.45, 7) is -0.301. The first-order valence-corrected chi connectivity index (χ1v) is 7.07. The third kappa shape index (κ3) is 4.85. The fourth-order valence-electron chi connectivity index (χ4n) is 1.54. The smallest absolute Gasteiger partial charge is 0.276 e. The zero-order chi connectivity index (χ0) is 15.9. The molecule has 0 aliphatic rings. The largest absolute Gasteiger partial charge is 0.484 e. The van der Waals surface area contributed by atoms with Gasteiger partial charge in [-0.2, -0.15) is 0 Å². The molecule has 22 heavy (non-hydrogen) atoms. The summed E-state index contributed by atoms with van der Waals surface area (Å²) in [4.78, 5) is 23.3. The van der Waals surface area contributed by atoms with Crippen LogP contribution in [-0.4, -0.2) is 18.4 Å². The summed E-state index contributed by atoms with van der Waals surface area (Å²) in [5.74, 6) is -1.02. The van der Waals surface area contributed by atoms with Gasteiger partial charge in [0, 0.05) is 10.0 Å². The molecule has 0 fully saturated rings. The summed E-state index contributed by atoms with van der Waals surface area (Å²) in [5.41, 5.74) is 4.90. The molecule has 0 bridgehead atoms. The van der Waals surface area contributed by atoms with E-state index in [0.717, 1.165) is 4.47 Å². The first kappa shape index (κ1) is 16.0. The van der Waals surface area contributed by atoms with Gasteiger partial charge in [0.15, 0.2) is 6.61 Å².